The van der Waals surface area contributed by atoms with Gasteiger partial charge in [0, 0.05) is 0 Å². The van der Waals surface area contributed by atoms with Crippen molar-refractivity contribution in [1.29, 1.82) is 0 Å². The minimum Gasteiger partial charge on any atom is -0.387 e. The zero-order valence-corrected chi connectivity index (χ0v) is 14.0. The maximum absolute atomic E-state index is 13.0. The predicted molar refractivity (Wildman–Crippen MR) is 93.0 cm³/mol. The molecule has 0 saturated heterocycles. The number of hydrogen-bond acceptors (Lipinski definition) is 3. The molecule has 0 fully saturated rings. The Bertz CT molecular complexity index is 734. The Morgan fingerprint density at radius 3 is 2.26 bits per heavy atom. The topological polar surface area (TPSA) is 54.4 Å². The maximum Gasteiger partial charge on any atom is 0.184 e. The highest BCUT2D eigenvalue weighted by Crippen LogP contribution is 2.30. The summed E-state index contributed by atoms with van der Waals surface area (Å²) >= 11 is 0. The van der Waals surface area contributed by atoms with Crippen molar-refractivity contribution in [3.63, 3.8) is 0 Å². The summed E-state index contributed by atoms with van der Waals surface area (Å²) in [5, 5.41) is 9.75. The van der Waals surface area contributed by atoms with Gasteiger partial charge in [0.1, 0.15) is 0 Å². The van der Waals surface area contributed by atoms with Crippen molar-refractivity contribution >= 4 is 9.84 Å². The standard InChI is InChI=1S/C19H22O3S/c1-3-4-10-18(19(20)16-8-6-5-7-9-16)23(21,22)17-13-11-15(2)12-14-17/h3,5-9,11-14,18-20H,1,4,10H2,2H3. The molecule has 0 aromatic heterocycles. The van der Waals surface area contributed by atoms with E-state index >= 15 is 0 Å². The molecule has 0 spiro atoms. The monoisotopic (exact) mass is 330 g/mol. The average molecular weight is 330 g/mol. The Morgan fingerprint density at radius 1 is 1.09 bits per heavy atom. The quantitative estimate of drug-likeness (QED) is 0.785. The zero-order valence-electron chi connectivity index (χ0n) is 13.2. The first-order valence-electron chi connectivity index (χ1n) is 7.61. The van der Waals surface area contributed by atoms with Gasteiger partial charge < -0.3 is 5.11 Å². The lowest BCUT2D eigenvalue weighted by Crippen LogP contribution is -2.28. The molecule has 1 N–H and O–H groups in total. The zero-order chi connectivity index (χ0) is 16.9. The summed E-state index contributed by atoms with van der Waals surface area (Å²) in [6, 6.07) is 15.7. The molecule has 2 atom stereocenters. The van der Waals surface area contributed by atoms with Gasteiger partial charge in [0.2, 0.25) is 0 Å². The second-order valence-corrected chi connectivity index (χ2v) is 7.78. The number of aliphatic hydroxyl groups is 1. The van der Waals surface area contributed by atoms with Gasteiger partial charge in [0.05, 0.1) is 16.2 Å². The molecule has 0 saturated carbocycles. The summed E-state index contributed by atoms with van der Waals surface area (Å²) in [5.74, 6) is 0. The normalized spacial score (nSPS) is 14.2. The van der Waals surface area contributed by atoms with Gasteiger partial charge >= 0.3 is 0 Å². The third-order valence-electron chi connectivity index (χ3n) is 3.90. The summed E-state index contributed by atoms with van der Waals surface area (Å²) in [7, 11) is -3.64. The highest BCUT2D eigenvalue weighted by atomic mass is 32.2. The molecule has 0 heterocycles. The number of aryl methyl sites for hydroxylation is 1. The van der Waals surface area contributed by atoms with Crippen molar-refractivity contribution in [3.8, 4) is 0 Å². The van der Waals surface area contributed by atoms with E-state index in [1.807, 2.05) is 13.0 Å². The van der Waals surface area contributed by atoms with Crippen LogP contribution in [-0.4, -0.2) is 18.8 Å². The van der Waals surface area contributed by atoms with Crippen LogP contribution in [0.1, 0.15) is 30.1 Å². The second-order valence-electron chi connectivity index (χ2n) is 5.62. The van der Waals surface area contributed by atoms with Gasteiger partial charge in [-0.2, -0.15) is 0 Å². The molecule has 2 rings (SSSR count). The molecule has 0 aliphatic rings. The van der Waals surface area contributed by atoms with Crippen LogP contribution in [0.3, 0.4) is 0 Å². The van der Waals surface area contributed by atoms with E-state index in [0.717, 1.165) is 5.56 Å². The minimum absolute atomic E-state index is 0.243. The Kier molecular flexibility index (Phi) is 5.74. The van der Waals surface area contributed by atoms with Crippen molar-refractivity contribution < 1.29 is 13.5 Å². The number of hydrogen-bond donors (Lipinski definition) is 1. The van der Waals surface area contributed by atoms with Crippen molar-refractivity contribution in [3.05, 3.63) is 78.4 Å². The average Bonchev–Trinajstić information content (AvgIpc) is 2.56. The van der Waals surface area contributed by atoms with Crippen LogP contribution in [0.15, 0.2) is 72.1 Å². The van der Waals surface area contributed by atoms with Gasteiger partial charge in [-0.3, -0.25) is 0 Å². The highest BCUT2D eigenvalue weighted by molar-refractivity contribution is 7.92. The van der Waals surface area contributed by atoms with Crippen molar-refractivity contribution in [1.82, 2.24) is 0 Å². The molecular formula is C19H22O3S. The molecule has 23 heavy (non-hydrogen) atoms. The third kappa shape index (κ3) is 4.09. The number of sulfone groups is 1. The maximum atomic E-state index is 13.0. The molecule has 0 bridgehead atoms. The molecule has 2 aromatic carbocycles. The SMILES string of the molecule is C=CCCC(C(O)c1ccccc1)S(=O)(=O)c1ccc(C)cc1. The lowest BCUT2D eigenvalue weighted by Gasteiger charge is -2.23. The summed E-state index contributed by atoms with van der Waals surface area (Å²) in [6.07, 6.45) is 1.47. The lowest BCUT2D eigenvalue weighted by molar-refractivity contribution is 0.167. The summed E-state index contributed by atoms with van der Waals surface area (Å²) < 4.78 is 25.9. The van der Waals surface area contributed by atoms with E-state index < -0.39 is 21.2 Å². The molecule has 0 amide bonds. The largest absolute Gasteiger partial charge is 0.387 e. The number of benzene rings is 2. The van der Waals surface area contributed by atoms with Crippen molar-refractivity contribution in [2.75, 3.05) is 0 Å². The van der Waals surface area contributed by atoms with Crippen molar-refractivity contribution in [2.24, 2.45) is 0 Å². The van der Waals surface area contributed by atoms with Gasteiger partial charge in [0.15, 0.2) is 9.84 Å². The van der Waals surface area contributed by atoms with E-state index in [0.29, 0.717) is 18.4 Å². The summed E-state index contributed by atoms with van der Waals surface area (Å²) in [5.41, 5.74) is 1.60. The Hall–Kier alpha value is -1.91. The Labute approximate surface area is 138 Å². The molecule has 3 nitrogen and oxygen atoms in total. The molecular weight excluding hydrogens is 308 g/mol. The van der Waals surface area contributed by atoms with Gasteiger partial charge in [0.25, 0.3) is 0 Å². The van der Waals surface area contributed by atoms with Crippen molar-refractivity contribution in [2.45, 2.75) is 36.0 Å². The molecule has 0 aliphatic carbocycles. The smallest absolute Gasteiger partial charge is 0.184 e. The van der Waals surface area contributed by atoms with E-state index in [-0.39, 0.29) is 4.90 Å². The number of allylic oxidation sites excluding steroid dienone is 1. The first-order chi connectivity index (χ1) is 11.0. The molecule has 4 heteroatoms. The van der Waals surface area contributed by atoms with E-state index in [2.05, 4.69) is 6.58 Å². The Balaban J connectivity index is 2.40. The fourth-order valence-corrected chi connectivity index (χ4v) is 4.34. The predicted octanol–water partition coefficient (Wildman–Crippen LogP) is 3.84. The summed E-state index contributed by atoms with van der Waals surface area (Å²) in [4.78, 5) is 0.243. The van der Waals surface area contributed by atoms with Crippen LogP contribution in [0.4, 0.5) is 0 Å². The van der Waals surface area contributed by atoms with Crippen LogP contribution in [0.2, 0.25) is 0 Å². The van der Waals surface area contributed by atoms with Gasteiger partial charge in [-0.05, 0) is 37.5 Å². The first-order valence-corrected chi connectivity index (χ1v) is 9.16. The lowest BCUT2D eigenvalue weighted by atomic mass is 10.0. The van der Waals surface area contributed by atoms with Crippen LogP contribution >= 0.6 is 0 Å². The van der Waals surface area contributed by atoms with Crippen LogP contribution in [-0.2, 0) is 9.84 Å². The molecule has 0 radical (unpaired) electrons. The third-order valence-corrected chi connectivity index (χ3v) is 6.12. The van der Waals surface area contributed by atoms with Crippen LogP contribution < -0.4 is 0 Å². The van der Waals surface area contributed by atoms with Crippen LogP contribution in [0.5, 0.6) is 0 Å². The fraction of sp³-hybridized carbons (Fsp3) is 0.263. The van der Waals surface area contributed by atoms with Gasteiger partial charge in [-0.15, -0.1) is 6.58 Å². The van der Waals surface area contributed by atoms with E-state index in [4.69, 9.17) is 0 Å². The molecule has 0 aliphatic heterocycles. The Morgan fingerprint density at radius 2 is 1.70 bits per heavy atom. The van der Waals surface area contributed by atoms with E-state index in [1.54, 1.807) is 54.6 Å². The molecule has 2 unspecified atom stereocenters. The van der Waals surface area contributed by atoms with Gasteiger partial charge in [-0.25, -0.2) is 8.42 Å². The molecule has 122 valence electrons. The van der Waals surface area contributed by atoms with Gasteiger partial charge in [-0.1, -0.05) is 54.1 Å². The minimum atomic E-state index is -3.64. The van der Waals surface area contributed by atoms with Crippen LogP contribution in [0.25, 0.3) is 0 Å². The summed E-state index contributed by atoms with van der Waals surface area (Å²) in [6.45, 7) is 5.56. The number of rotatable bonds is 7. The molecule has 2 aromatic rings. The second kappa shape index (κ2) is 7.57. The van der Waals surface area contributed by atoms with E-state index in [9.17, 15) is 13.5 Å². The number of aliphatic hydroxyl groups excluding tert-OH is 1. The van der Waals surface area contributed by atoms with Crippen LogP contribution in [0, 0.1) is 6.92 Å². The fourth-order valence-electron chi connectivity index (χ4n) is 2.53. The first kappa shape index (κ1) is 17.4. The van der Waals surface area contributed by atoms with E-state index in [1.165, 1.54) is 0 Å². The highest BCUT2D eigenvalue weighted by Gasteiger charge is 2.34.